The van der Waals surface area contributed by atoms with Crippen molar-refractivity contribution in [2.24, 2.45) is 5.41 Å². The molecule has 3 atom stereocenters. The fourth-order valence-corrected chi connectivity index (χ4v) is 5.55. The molecule has 3 heterocycles. The van der Waals surface area contributed by atoms with Crippen molar-refractivity contribution in [1.29, 1.82) is 0 Å². The molecule has 1 fully saturated rings. The average molecular weight is 530 g/mol. The van der Waals surface area contributed by atoms with Crippen molar-refractivity contribution in [2.75, 3.05) is 13.1 Å². The molecule has 1 amide bonds. The van der Waals surface area contributed by atoms with Crippen LogP contribution in [0.1, 0.15) is 63.1 Å². The van der Waals surface area contributed by atoms with Crippen LogP contribution in [0, 0.1) is 17.5 Å². The number of aromatic nitrogens is 1. The SMILES string of the molecule is CCC(C)OC(=O)N[C@H](C(F)(F)F)C1(CCc2ccc(F)s2)CCN(C(C)(C)c2ccc(C)nc2)C1. The van der Waals surface area contributed by atoms with Gasteiger partial charge in [0.25, 0.3) is 0 Å². The van der Waals surface area contributed by atoms with Gasteiger partial charge in [-0.05, 0) is 83.7 Å². The summed E-state index contributed by atoms with van der Waals surface area (Å²) in [6, 6.07) is 4.65. The van der Waals surface area contributed by atoms with Crippen LogP contribution in [0.3, 0.4) is 0 Å². The van der Waals surface area contributed by atoms with E-state index >= 15 is 0 Å². The van der Waals surface area contributed by atoms with Gasteiger partial charge in [-0.2, -0.15) is 17.6 Å². The number of alkyl carbamates (subject to hydrolysis) is 1. The Morgan fingerprint density at radius 3 is 2.56 bits per heavy atom. The van der Waals surface area contributed by atoms with Gasteiger partial charge in [0.1, 0.15) is 12.1 Å². The summed E-state index contributed by atoms with van der Waals surface area (Å²) >= 11 is 0.937. The summed E-state index contributed by atoms with van der Waals surface area (Å²) in [7, 11) is 0. The summed E-state index contributed by atoms with van der Waals surface area (Å²) in [5.41, 5.74) is -0.139. The highest BCUT2D eigenvalue weighted by atomic mass is 32.1. The van der Waals surface area contributed by atoms with Crippen molar-refractivity contribution in [3.05, 3.63) is 51.7 Å². The zero-order valence-corrected chi connectivity index (χ0v) is 22.2. The zero-order chi connectivity index (χ0) is 26.7. The maximum atomic E-state index is 14.6. The average Bonchev–Trinajstić information content (AvgIpc) is 3.43. The highest BCUT2D eigenvalue weighted by Crippen LogP contribution is 2.48. The molecule has 36 heavy (non-hydrogen) atoms. The Bertz CT molecular complexity index is 1020. The molecule has 1 N–H and O–H groups in total. The number of carbonyl (C=O) groups excluding carboxylic acids is 1. The predicted molar refractivity (Wildman–Crippen MR) is 132 cm³/mol. The number of amides is 1. The number of alkyl halides is 3. The molecule has 0 aliphatic carbocycles. The second kappa shape index (κ2) is 11.0. The van der Waals surface area contributed by atoms with Crippen LogP contribution in [0.25, 0.3) is 0 Å². The Labute approximate surface area is 214 Å². The number of nitrogens with one attached hydrogen (secondary N) is 1. The highest BCUT2D eigenvalue weighted by molar-refractivity contribution is 7.10. The minimum absolute atomic E-state index is 0.107. The Morgan fingerprint density at radius 1 is 1.28 bits per heavy atom. The molecule has 5 nitrogen and oxygen atoms in total. The fourth-order valence-electron chi connectivity index (χ4n) is 4.83. The van der Waals surface area contributed by atoms with Crippen LogP contribution >= 0.6 is 11.3 Å². The summed E-state index contributed by atoms with van der Waals surface area (Å²) in [6.45, 7) is 9.76. The number of hydrogen-bond acceptors (Lipinski definition) is 5. The van der Waals surface area contributed by atoms with E-state index in [4.69, 9.17) is 4.74 Å². The Hall–Kier alpha value is -2.20. The molecule has 2 aromatic heterocycles. The topological polar surface area (TPSA) is 54.5 Å². The molecule has 2 unspecified atom stereocenters. The van der Waals surface area contributed by atoms with Gasteiger partial charge in [-0.1, -0.05) is 13.0 Å². The normalized spacial score (nSPS) is 20.8. The molecule has 3 rings (SSSR count). The van der Waals surface area contributed by atoms with E-state index in [2.05, 4.69) is 10.3 Å². The smallest absolute Gasteiger partial charge is 0.409 e. The van der Waals surface area contributed by atoms with Crippen LogP contribution in [-0.4, -0.2) is 47.4 Å². The number of pyridine rings is 1. The molecule has 0 radical (unpaired) electrons. The molecule has 1 saturated heterocycles. The standard InChI is InChI=1S/C26H35F4N3O2S/c1-6-18(3)35-23(34)32-22(26(28,29)30)25(12-11-20-9-10-21(27)36-20)13-14-33(16-25)24(4,5)19-8-7-17(2)31-15-19/h7-10,15,18,22H,6,11-14,16H2,1-5H3,(H,32,34)/t18?,22-,25?/m0/s1. The summed E-state index contributed by atoms with van der Waals surface area (Å²) in [5.74, 6) is 0. The second-order valence-corrected chi connectivity index (χ2v) is 11.3. The minimum Gasteiger partial charge on any atom is -0.447 e. The Morgan fingerprint density at radius 2 is 2.00 bits per heavy atom. The Kier molecular flexibility index (Phi) is 8.70. The van der Waals surface area contributed by atoms with Crippen molar-refractivity contribution >= 4 is 17.4 Å². The van der Waals surface area contributed by atoms with Crippen LogP contribution in [0.2, 0.25) is 0 Å². The number of halogens is 4. The van der Waals surface area contributed by atoms with E-state index in [-0.39, 0.29) is 30.9 Å². The number of aryl methyl sites for hydroxylation is 2. The first-order valence-electron chi connectivity index (χ1n) is 12.2. The number of nitrogens with zero attached hydrogens (tertiary/aromatic N) is 2. The lowest BCUT2D eigenvalue weighted by molar-refractivity contribution is -0.183. The second-order valence-electron chi connectivity index (χ2n) is 10.2. The van der Waals surface area contributed by atoms with E-state index in [0.29, 0.717) is 17.8 Å². The summed E-state index contributed by atoms with van der Waals surface area (Å²) in [5, 5.41) is 1.80. The van der Waals surface area contributed by atoms with Crippen LogP contribution in [0.5, 0.6) is 0 Å². The van der Waals surface area contributed by atoms with Gasteiger partial charge in [0.2, 0.25) is 0 Å². The van der Waals surface area contributed by atoms with Gasteiger partial charge >= 0.3 is 12.3 Å². The molecule has 0 saturated carbocycles. The summed E-state index contributed by atoms with van der Waals surface area (Å²) in [6.07, 6.45) is -3.38. The summed E-state index contributed by atoms with van der Waals surface area (Å²) in [4.78, 5) is 19.5. The maximum Gasteiger partial charge on any atom is 0.409 e. The van der Waals surface area contributed by atoms with Crippen LogP contribution in [0.15, 0.2) is 30.5 Å². The van der Waals surface area contributed by atoms with Gasteiger partial charge in [0.05, 0.1) is 0 Å². The maximum absolute atomic E-state index is 14.6. The van der Waals surface area contributed by atoms with E-state index in [1.54, 1.807) is 26.1 Å². The molecule has 200 valence electrons. The summed E-state index contributed by atoms with van der Waals surface area (Å²) < 4.78 is 62.4. The quantitative estimate of drug-likeness (QED) is 0.372. The van der Waals surface area contributed by atoms with Gasteiger partial charge in [0.15, 0.2) is 5.13 Å². The molecular formula is C26H35F4N3O2S. The fraction of sp³-hybridized carbons (Fsp3) is 0.615. The van der Waals surface area contributed by atoms with Crippen molar-refractivity contribution in [1.82, 2.24) is 15.2 Å². The molecule has 0 bridgehead atoms. The van der Waals surface area contributed by atoms with Crippen molar-refractivity contribution < 1.29 is 27.1 Å². The molecular weight excluding hydrogens is 494 g/mol. The highest BCUT2D eigenvalue weighted by Gasteiger charge is 2.58. The van der Waals surface area contributed by atoms with Gasteiger partial charge in [-0.25, -0.2) is 4.79 Å². The van der Waals surface area contributed by atoms with E-state index in [0.717, 1.165) is 22.6 Å². The van der Waals surface area contributed by atoms with Crippen LogP contribution in [0.4, 0.5) is 22.4 Å². The molecule has 1 aliphatic rings. The molecule has 0 spiro atoms. The van der Waals surface area contributed by atoms with Gasteiger partial charge in [0, 0.05) is 34.3 Å². The van der Waals surface area contributed by atoms with Crippen LogP contribution < -0.4 is 5.32 Å². The third-order valence-corrected chi connectivity index (χ3v) is 8.31. The zero-order valence-electron chi connectivity index (χ0n) is 21.4. The van der Waals surface area contributed by atoms with Crippen molar-refractivity contribution in [2.45, 2.75) is 84.2 Å². The lowest BCUT2D eigenvalue weighted by atomic mass is 9.74. The molecule has 0 aromatic carbocycles. The first kappa shape index (κ1) is 28.4. The first-order valence-corrected chi connectivity index (χ1v) is 13.0. The lowest BCUT2D eigenvalue weighted by Gasteiger charge is -2.42. The number of thiophene rings is 1. The number of rotatable bonds is 9. The van der Waals surface area contributed by atoms with Gasteiger partial charge in [-0.15, -0.1) is 11.3 Å². The third kappa shape index (κ3) is 6.56. The number of hydrogen-bond donors (Lipinski definition) is 1. The monoisotopic (exact) mass is 529 g/mol. The molecule has 1 aliphatic heterocycles. The van der Waals surface area contributed by atoms with E-state index in [1.165, 1.54) is 6.07 Å². The van der Waals surface area contributed by atoms with E-state index < -0.39 is 35.4 Å². The van der Waals surface area contributed by atoms with Crippen molar-refractivity contribution in [3.63, 3.8) is 0 Å². The molecule has 10 heteroatoms. The Balaban J connectivity index is 1.93. The van der Waals surface area contributed by atoms with Gasteiger partial charge < -0.3 is 10.1 Å². The largest absolute Gasteiger partial charge is 0.447 e. The van der Waals surface area contributed by atoms with E-state index in [9.17, 15) is 22.4 Å². The van der Waals surface area contributed by atoms with Gasteiger partial charge in [-0.3, -0.25) is 9.88 Å². The molecule has 2 aromatic rings. The third-order valence-electron chi connectivity index (χ3n) is 7.38. The number of ether oxygens (including phenoxy) is 1. The first-order chi connectivity index (χ1) is 16.8. The minimum atomic E-state index is -4.69. The predicted octanol–water partition coefficient (Wildman–Crippen LogP) is 6.61. The van der Waals surface area contributed by atoms with Crippen molar-refractivity contribution in [3.8, 4) is 0 Å². The number of likely N-dealkylation sites (tertiary alicyclic amines) is 1. The lowest BCUT2D eigenvalue weighted by Crippen LogP contribution is -2.58. The van der Waals surface area contributed by atoms with E-state index in [1.807, 2.05) is 37.8 Å². The number of carbonyl (C=O) groups is 1. The van der Waals surface area contributed by atoms with Crippen LogP contribution in [-0.2, 0) is 16.7 Å².